The number of pyridine rings is 1. The van der Waals surface area contributed by atoms with E-state index < -0.39 is 0 Å². The van der Waals surface area contributed by atoms with E-state index in [1.54, 1.807) is 6.20 Å². The third-order valence-corrected chi connectivity index (χ3v) is 2.55. The average Bonchev–Trinajstić information content (AvgIpc) is 2.23. The first-order valence-corrected chi connectivity index (χ1v) is 4.60. The van der Waals surface area contributed by atoms with Crippen molar-refractivity contribution < 1.29 is 0 Å². The zero-order valence-electron chi connectivity index (χ0n) is 8.49. The van der Waals surface area contributed by atoms with Crippen molar-refractivity contribution in [3.63, 3.8) is 0 Å². The summed E-state index contributed by atoms with van der Waals surface area (Å²) in [4.78, 5) is 5.98. The number of aromatic nitrogens is 1. The van der Waals surface area contributed by atoms with Crippen molar-refractivity contribution in [1.82, 2.24) is 4.98 Å². The number of nitrogen functional groups attached to an aromatic ring is 1. The van der Waals surface area contributed by atoms with Crippen LogP contribution in [0.25, 0.3) is 5.70 Å². The molecule has 5 N–H and O–H groups in total. The largest absolute Gasteiger partial charge is 0.398 e. The molecule has 1 aromatic heterocycles. The highest BCUT2D eigenvalue weighted by Crippen LogP contribution is 2.33. The zero-order chi connectivity index (χ0) is 11.0. The first-order valence-electron chi connectivity index (χ1n) is 4.60. The van der Waals surface area contributed by atoms with E-state index in [-0.39, 0.29) is 0 Å². The molecule has 78 valence electrons. The Bertz CT molecular complexity index is 449. The summed E-state index contributed by atoms with van der Waals surface area (Å²) in [7, 11) is 1.91. The van der Waals surface area contributed by atoms with Crippen molar-refractivity contribution in [3.05, 3.63) is 23.4 Å². The molecule has 0 spiro atoms. The van der Waals surface area contributed by atoms with Gasteiger partial charge < -0.3 is 21.8 Å². The van der Waals surface area contributed by atoms with Gasteiger partial charge in [-0.3, -0.25) is 0 Å². The Morgan fingerprint density at radius 3 is 2.93 bits per heavy atom. The van der Waals surface area contributed by atoms with Crippen LogP contribution in [0.15, 0.2) is 17.8 Å². The molecule has 0 fully saturated rings. The van der Waals surface area contributed by atoms with Crippen molar-refractivity contribution >= 4 is 23.4 Å². The molecule has 0 atom stereocenters. The topological polar surface area (TPSA) is 92.0 Å². The number of anilines is 2. The van der Waals surface area contributed by atoms with Gasteiger partial charge in [0.2, 0.25) is 0 Å². The number of hydrogen-bond donors (Lipinski definition) is 3. The van der Waals surface area contributed by atoms with E-state index >= 15 is 0 Å². The van der Waals surface area contributed by atoms with E-state index in [2.05, 4.69) is 4.98 Å². The standard InChI is InChI=1S/C10H13N5/c1-15-5-6(4-11)8(12)7-2-3-14-10(13)9(7)15/h2-4,11H,5,12H2,1H3,(H2,13,14). The first-order chi connectivity index (χ1) is 7.15. The monoisotopic (exact) mass is 203 g/mol. The van der Waals surface area contributed by atoms with Crippen molar-refractivity contribution in [2.24, 2.45) is 5.73 Å². The molecule has 0 saturated carbocycles. The predicted octanol–water partition coefficient (Wildman–Crippen LogP) is 0.433. The minimum Gasteiger partial charge on any atom is -0.398 e. The second kappa shape index (κ2) is 3.27. The van der Waals surface area contributed by atoms with Crippen molar-refractivity contribution in [1.29, 1.82) is 5.41 Å². The highest BCUT2D eigenvalue weighted by atomic mass is 15.1. The highest BCUT2D eigenvalue weighted by molar-refractivity contribution is 5.96. The van der Waals surface area contributed by atoms with E-state index in [0.29, 0.717) is 18.1 Å². The van der Waals surface area contributed by atoms with Gasteiger partial charge in [0.25, 0.3) is 0 Å². The number of hydrogen-bond acceptors (Lipinski definition) is 5. The Balaban J connectivity index is 2.69. The molecule has 5 heteroatoms. The molecular formula is C10H13N5. The van der Waals surface area contributed by atoms with Crippen LogP contribution in [0, 0.1) is 5.41 Å². The van der Waals surface area contributed by atoms with Crippen LogP contribution in [-0.4, -0.2) is 24.8 Å². The van der Waals surface area contributed by atoms with Crippen LogP contribution in [-0.2, 0) is 0 Å². The fourth-order valence-electron chi connectivity index (χ4n) is 1.80. The predicted molar refractivity (Wildman–Crippen MR) is 61.8 cm³/mol. The zero-order valence-corrected chi connectivity index (χ0v) is 8.49. The van der Waals surface area contributed by atoms with Crippen LogP contribution in [0.5, 0.6) is 0 Å². The lowest BCUT2D eigenvalue weighted by molar-refractivity contribution is 0.983. The van der Waals surface area contributed by atoms with Crippen LogP contribution in [0.2, 0.25) is 0 Å². The number of fused-ring (bicyclic) bond motifs is 1. The van der Waals surface area contributed by atoms with E-state index in [1.807, 2.05) is 18.0 Å². The molecule has 0 aliphatic carbocycles. The molecule has 1 aliphatic heterocycles. The van der Waals surface area contributed by atoms with Crippen LogP contribution in [0.3, 0.4) is 0 Å². The number of nitrogens with two attached hydrogens (primary N) is 2. The third kappa shape index (κ3) is 1.32. The molecule has 0 radical (unpaired) electrons. The van der Waals surface area contributed by atoms with Gasteiger partial charge in [-0.25, -0.2) is 4.98 Å². The van der Waals surface area contributed by atoms with Gasteiger partial charge in [-0.15, -0.1) is 0 Å². The van der Waals surface area contributed by atoms with Crippen LogP contribution in [0.4, 0.5) is 11.5 Å². The number of rotatable bonds is 1. The van der Waals surface area contributed by atoms with E-state index in [1.165, 1.54) is 6.21 Å². The maximum Gasteiger partial charge on any atom is 0.147 e. The molecule has 0 bridgehead atoms. The molecule has 2 heterocycles. The van der Waals surface area contributed by atoms with Gasteiger partial charge in [0.05, 0.1) is 5.69 Å². The molecule has 1 aliphatic rings. The number of likely N-dealkylation sites (N-methyl/N-ethyl adjacent to an activating group) is 1. The fraction of sp³-hybridized carbons (Fsp3) is 0.200. The summed E-state index contributed by atoms with van der Waals surface area (Å²) >= 11 is 0. The second-order valence-electron chi connectivity index (χ2n) is 3.53. The van der Waals surface area contributed by atoms with E-state index in [0.717, 1.165) is 16.8 Å². The normalized spacial score (nSPS) is 15.1. The van der Waals surface area contributed by atoms with Gasteiger partial charge >= 0.3 is 0 Å². The van der Waals surface area contributed by atoms with Crippen LogP contribution in [0.1, 0.15) is 5.56 Å². The van der Waals surface area contributed by atoms with Gasteiger partial charge in [-0.2, -0.15) is 0 Å². The maximum absolute atomic E-state index is 7.28. The quantitative estimate of drug-likeness (QED) is 0.577. The minimum absolute atomic E-state index is 0.474. The lowest BCUT2D eigenvalue weighted by Gasteiger charge is -2.29. The molecule has 1 aromatic rings. The lowest BCUT2D eigenvalue weighted by atomic mass is 10.0. The second-order valence-corrected chi connectivity index (χ2v) is 3.53. The summed E-state index contributed by atoms with van der Waals surface area (Å²) in [6.45, 7) is 0.595. The van der Waals surface area contributed by atoms with Gasteiger partial charge in [-0.1, -0.05) is 0 Å². The highest BCUT2D eigenvalue weighted by Gasteiger charge is 2.21. The Kier molecular flexibility index (Phi) is 2.07. The Labute approximate surface area is 87.9 Å². The third-order valence-electron chi connectivity index (χ3n) is 2.55. The van der Waals surface area contributed by atoms with Gasteiger partial charge in [-0.05, 0) is 6.07 Å². The van der Waals surface area contributed by atoms with Crippen molar-refractivity contribution in [2.45, 2.75) is 0 Å². The van der Waals surface area contributed by atoms with Gasteiger partial charge in [0, 0.05) is 42.8 Å². The number of nitrogens with zero attached hydrogens (tertiary/aromatic N) is 2. The molecule has 5 nitrogen and oxygen atoms in total. The summed E-state index contributed by atoms with van der Waals surface area (Å²) in [6.07, 6.45) is 2.91. The Morgan fingerprint density at radius 1 is 1.53 bits per heavy atom. The van der Waals surface area contributed by atoms with Gasteiger partial charge in [0.1, 0.15) is 5.82 Å². The number of nitrogens with one attached hydrogen (secondary N) is 1. The summed E-state index contributed by atoms with van der Waals surface area (Å²) in [5.74, 6) is 0.474. The van der Waals surface area contributed by atoms with Crippen LogP contribution < -0.4 is 16.4 Å². The van der Waals surface area contributed by atoms with Gasteiger partial charge in [0.15, 0.2) is 0 Å². The SMILES string of the molecule is CN1CC(C=N)=C(N)c2ccnc(N)c21. The minimum atomic E-state index is 0.474. The first kappa shape index (κ1) is 9.51. The fourth-order valence-corrected chi connectivity index (χ4v) is 1.80. The smallest absolute Gasteiger partial charge is 0.147 e. The molecule has 0 aromatic carbocycles. The Hall–Kier alpha value is -2.04. The molecule has 2 rings (SSSR count). The maximum atomic E-state index is 7.28. The van der Waals surface area contributed by atoms with E-state index in [9.17, 15) is 0 Å². The summed E-state index contributed by atoms with van der Waals surface area (Å²) < 4.78 is 0. The molecule has 0 unspecified atom stereocenters. The lowest BCUT2D eigenvalue weighted by Crippen LogP contribution is -2.29. The molecular weight excluding hydrogens is 190 g/mol. The van der Waals surface area contributed by atoms with Crippen LogP contribution >= 0.6 is 0 Å². The summed E-state index contributed by atoms with van der Waals surface area (Å²) in [6, 6.07) is 1.82. The van der Waals surface area contributed by atoms with Crippen molar-refractivity contribution in [2.75, 3.05) is 24.2 Å². The van der Waals surface area contributed by atoms with E-state index in [4.69, 9.17) is 16.9 Å². The molecule has 0 amide bonds. The average molecular weight is 203 g/mol. The van der Waals surface area contributed by atoms with Crippen molar-refractivity contribution in [3.8, 4) is 0 Å². The summed E-state index contributed by atoms with van der Waals surface area (Å²) in [5.41, 5.74) is 14.9. The Morgan fingerprint density at radius 2 is 2.27 bits per heavy atom. The molecule has 0 saturated heterocycles. The summed E-state index contributed by atoms with van der Waals surface area (Å²) in [5, 5.41) is 7.28. The molecule has 15 heavy (non-hydrogen) atoms.